The predicted molar refractivity (Wildman–Crippen MR) is 114 cm³/mol. The molecule has 9 heteroatoms. The fourth-order valence-electron chi connectivity index (χ4n) is 3.05. The molecule has 29 heavy (non-hydrogen) atoms. The molecule has 0 atom stereocenters. The fourth-order valence-corrected chi connectivity index (χ4v) is 3.75. The van der Waals surface area contributed by atoms with Gasteiger partial charge in [-0.3, -0.25) is 14.5 Å². The van der Waals surface area contributed by atoms with E-state index in [1.54, 1.807) is 17.4 Å². The minimum Gasteiger partial charge on any atom is -0.385 e. The number of aromatic nitrogens is 1. The summed E-state index contributed by atoms with van der Waals surface area (Å²) in [6, 6.07) is 9.75. The van der Waals surface area contributed by atoms with Gasteiger partial charge in [-0.1, -0.05) is 18.2 Å². The zero-order valence-electron chi connectivity index (χ0n) is 16.6. The Morgan fingerprint density at radius 1 is 1.17 bits per heavy atom. The van der Waals surface area contributed by atoms with E-state index in [0.29, 0.717) is 56.7 Å². The molecule has 0 spiro atoms. The van der Waals surface area contributed by atoms with Crippen LogP contribution in [0.2, 0.25) is 0 Å². The number of para-hydroxylation sites is 1. The third-order valence-corrected chi connectivity index (χ3v) is 5.38. The van der Waals surface area contributed by atoms with Crippen LogP contribution in [0.4, 0.5) is 10.8 Å². The molecule has 3 rings (SSSR count). The van der Waals surface area contributed by atoms with Crippen LogP contribution in [-0.2, 0) is 9.53 Å². The van der Waals surface area contributed by atoms with E-state index in [9.17, 15) is 9.59 Å². The van der Waals surface area contributed by atoms with E-state index in [4.69, 9.17) is 4.74 Å². The molecule has 8 nitrogen and oxygen atoms in total. The SMILES string of the molecule is COCCCNC(=O)CN1CCN(C(=O)c2csc(Nc3ccccc3)n2)CC1. The van der Waals surface area contributed by atoms with Crippen LogP contribution in [0.3, 0.4) is 0 Å². The molecule has 1 fully saturated rings. The number of methoxy groups -OCH3 is 1. The fraction of sp³-hybridized carbons (Fsp3) is 0.450. The molecule has 156 valence electrons. The molecule has 0 aliphatic carbocycles. The molecule has 1 aromatic carbocycles. The largest absolute Gasteiger partial charge is 0.385 e. The third-order valence-electron chi connectivity index (χ3n) is 4.62. The van der Waals surface area contributed by atoms with Crippen molar-refractivity contribution in [2.45, 2.75) is 6.42 Å². The van der Waals surface area contributed by atoms with Gasteiger partial charge in [-0.05, 0) is 18.6 Å². The van der Waals surface area contributed by atoms with Crippen molar-refractivity contribution < 1.29 is 14.3 Å². The van der Waals surface area contributed by atoms with Crippen LogP contribution in [0.25, 0.3) is 0 Å². The van der Waals surface area contributed by atoms with Crippen molar-refractivity contribution in [1.82, 2.24) is 20.1 Å². The lowest BCUT2D eigenvalue weighted by Gasteiger charge is -2.33. The molecule has 2 N–H and O–H groups in total. The number of hydrogen-bond donors (Lipinski definition) is 2. The Bertz CT molecular complexity index is 790. The number of piperazine rings is 1. The maximum atomic E-state index is 12.7. The number of thiazole rings is 1. The quantitative estimate of drug-likeness (QED) is 0.605. The van der Waals surface area contributed by atoms with Gasteiger partial charge in [0, 0.05) is 57.5 Å². The van der Waals surface area contributed by atoms with Crippen molar-refractivity contribution in [3.63, 3.8) is 0 Å². The van der Waals surface area contributed by atoms with Crippen molar-refractivity contribution in [3.8, 4) is 0 Å². The van der Waals surface area contributed by atoms with E-state index < -0.39 is 0 Å². The lowest BCUT2D eigenvalue weighted by Crippen LogP contribution is -2.51. The summed E-state index contributed by atoms with van der Waals surface area (Å²) >= 11 is 1.41. The summed E-state index contributed by atoms with van der Waals surface area (Å²) in [6.45, 7) is 4.15. The van der Waals surface area contributed by atoms with Crippen LogP contribution < -0.4 is 10.6 Å². The summed E-state index contributed by atoms with van der Waals surface area (Å²) in [7, 11) is 1.65. The number of nitrogens with zero attached hydrogens (tertiary/aromatic N) is 3. The first-order chi connectivity index (χ1) is 14.2. The number of ether oxygens (including phenoxy) is 1. The maximum Gasteiger partial charge on any atom is 0.273 e. The molecule has 1 aromatic heterocycles. The Labute approximate surface area is 174 Å². The minimum atomic E-state index is -0.0639. The van der Waals surface area contributed by atoms with Gasteiger partial charge in [0.15, 0.2) is 5.13 Å². The number of carbonyl (C=O) groups excluding carboxylic acids is 2. The van der Waals surface area contributed by atoms with Crippen LogP contribution in [0.5, 0.6) is 0 Å². The molecule has 2 amide bonds. The molecular formula is C20H27N5O3S. The summed E-state index contributed by atoms with van der Waals surface area (Å²) in [4.78, 5) is 33.0. The summed E-state index contributed by atoms with van der Waals surface area (Å²) in [5, 5.41) is 8.58. The Morgan fingerprint density at radius 2 is 1.93 bits per heavy atom. The molecule has 0 bridgehead atoms. The third kappa shape index (κ3) is 6.52. The smallest absolute Gasteiger partial charge is 0.273 e. The van der Waals surface area contributed by atoms with Crippen LogP contribution in [-0.4, -0.2) is 79.6 Å². The first kappa shape index (κ1) is 21.2. The number of hydrogen-bond acceptors (Lipinski definition) is 7. The molecule has 0 unspecified atom stereocenters. The van der Waals surface area contributed by atoms with Gasteiger partial charge in [0.2, 0.25) is 5.91 Å². The average Bonchev–Trinajstić information content (AvgIpc) is 3.20. The molecular weight excluding hydrogens is 390 g/mol. The van der Waals surface area contributed by atoms with E-state index in [1.807, 2.05) is 30.3 Å². The zero-order valence-corrected chi connectivity index (χ0v) is 17.4. The van der Waals surface area contributed by atoms with Gasteiger partial charge in [0.1, 0.15) is 5.69 Å². The topological polar surface area (TPSA) is 86.8 Å². The summed E-state index contributed by atoms with van der Waals surface area (Å²) in [5.41, 5.74) is 1.40. The molecule has 1 aliphatic heterocycles. The molecule has 1 saturated heterocycles. The van der Waals surface area contributed by atoms with Crippen molar-refractivity contribution in [2.24, 2.45) is 0 Å². The highest BCUT2D eigenvalue weighted by Gasteiger charge is 2.24. The van der Waals surface area contributed by atoms with Crippen molar-refractivity contribution in [1.29, 1.82) is 0 Å². The normalized spacial score (nSPS) is 14.6. The summed E-state index contributed by atoms with van der Waals surface area (Å²) < 4.78 is 4.97. The number of carbonyl (C=O) groups is 2. The van der Waals surface area contributed by atoms with Crippen LogP contribution in [0.15, 0.2) is 35.7 Å². The summed E-state index contributed by atoms with van der Waals surface area (Å²) in [6.07, 6.45) is 0.805. The number of benzene rings is 1. The van der Waals surface area contributed by atoms with Crippen molar-refractivity contribution >= 4 is 34.0 Å². The number of anilines is 2. The Kier molecular flexibility index (Phi) is 7.97. The highest BCUT2D eigenvalue weighted by Crippen LogP contribution is 2.21. The number of amides is 2. The lowest BCUT2D eigenvalue weighted by atomic mass is 10.3. The van der Waals surface area contributed by atoms with Gasteiger partial charge in [-0.15, -0.1) is 11.3 Å². The zero-order chi connectivity index (χ0) is 20.5. The molecule has 0 radical (unpaired) electrons. The van der Waals surface area contributed by atoms with Gasteiger partial charge >= 0.3 is 0 Å². The first-order valence-corrected chi connectivity index (χ1v) is 10.6. The molecule has 2 heterocycles. The lowest BCUT2D eigenvalue weighted by molar-refractivity contribution is -0.122. The molecule has 1 aliphatic rings. The van der Waals surface area contributed by atoms with Crippen LogP contribution in [0.1, 0.15) is 16.9 Å². The van der Waals surface area contributed by atoms with E-state index in [1.165, 1.54) is 11.3 Å². The van der Waals surface area contributed by atoms with Gasteiger partial charge in [-0.25, -0.2) is 4.98 Å². The van der Waals surface area contributed by atoms with Gasteiger partial charge < -0.3 is 20.3 Å². The monoisotopic (exact) mass is 417 g/mol. The maximum absolute atomic E-state index is 12.7. The Balaban J connectivity index is 1.42. The summed E-state index contributed by atoms with van der Waals surface area (Å²) in [5.74, 6) is -0.0527. The van der Waals surface area contributed by atoms with E-state index in [0.717, 1.165) is 12.1 Å². The van der Waals surface area contributed by atoms with Gasteiger partial charge in [0.05, 0.1) is 6.54 Å². The van der Waals surface area contributed by atoms with E-state index in [-0.39, 0.29) is 11.8 Å². The van der Waals surface area contributed by atoms with Crippen molar-refractivity contribution in [3.05, 3.63) is 41.4 Å². The first-order valence-electron chi connectivity index (χ1n) is 9.70. The predicted octanol–water partition coefficient (Wildman–Crippen LogP) is 1.80. The second-order valence-corrected chi connectivity index (χ2v) is 7.65. The standard InChI is InChI=1S/C20H27N5O3S/c1-28-13-5-8-21-18(26)14-24-9-11-25(12-10-24)19(27)17-15-29-20(23-17)22-16-6-3-2-4-7-16/h2-4,6-7,15H,5,8-14H2,1H3,(H,21,26)(H,22,23). The van der Waals surface area contributed by atoms with Gasteiger partial charge in [0.25, 0.3) is 5.91 Å². The molecule has 0 saturated carbocycles. The number of rotatable bonds is 9. The molecule has 2 aromatic rings. The van der Waals surface area contributed by atoms with Crippen LogP contribution in [0, 0.1) is 0 Å². The Hall–Kier alpha value is -2.49. The minimum absolute atomic E-state index is 0.0111. The number of nitrogens with one attached hydrogen (secondary N) is 2. The highest BCUT2D eigenvalue weighted by molar-refractivity contribution is 7.14. The average molecular weight is 418 g/mol. The second kappa shape index (κ2) is 10.9. The highest BCUT2D eigenvalue weighted by atomic mass is 32.1. The van der Waals surface area contributed by atoms with Crippen molar-refractivity contribution in [2.75, 3.05) is 58.3 Å². The van der Waals surface area contributed by atoms with Crippen LogP contribution >= 0.6 is 11.3 Å². The Morgan fingerprint density at radius 3 is 2.66 bits per heavy atom. The van der Waals surface area contributed by atoms with E-state index >= 15 is 0 Å². The van der Waals surface area contributed by atoms with E-state index in [2.05, 4.69) is 20.5 Å². The van der Waals surface area contributed by atoms with Gasteiger partial charge in [-0.2, -0.15) is 0 Å². The second-order valence-electron chi connectivity index (χ2n) is 6.79.